The molecule has 7 nitrogen and oxygen atoms in total. The van der Waals surface area contributed by atoms with Crippen molar-refractivity contribution in [2.45, 2.75) is 18.8 Å². The summed E-state index contributed by atoms with van der Waals surface area (Å²) in [5.74, 6) is 0.223. The molecule has 0 fully saturated rings. The average Bonchev–Trinajstić information content (AvgIpc) is 2.95. The Morgan fingerprint density at radius 2 is 1.59 bits per heavy atom. The smallest absolute Gasteiger partial charge is 0.549 e. The molecular weight excluding hydrogens is 576 g/mol. The van der Waals surface area contributed by atoms with E-state index in [9.17, 15) is 14.7 Å². The third kappa shape index (κ3) is 7.56. The summed E-state index contributed by atoms with van der Waals surface area (Å²) >= 11 is 12.6. The summed E-state index contributed by atoms with van der Waals surface area (Å²) in [5.41, 5.74) is 1.86. The largest absolute Gasteiger partial charge is 1.00 e. The minimum Gasteiger partial charge on any atom is -0.549 e. The number of carbonyl (C=O) groups is 2. The number of carbonyl (C=O) groups excluding carboxylic acids is 2. The van der Waals surface area contributed by atoms with E-state index in [1.165, 1.54) is 6.07 Å². The average molecular weight is 600 g/mol. The summed E-state index contributed by atoms with van der Waals surface area (Å²) < 4.78 is 17.5. The van der Waals surface area contributed by atoms with E-state index in [1.807, 2.05) is 36.4 Å². The van der Waals surface area contributed by atoms with Crippen LogP contribution in [0.3, 0.4) is 0 Å². The predicted molar refractivity (Wildman–Crippen MR) is 150 cm³/mol. The monoisotopic (exact) mass is 599 g/mol. The number of carboxylic acids is 1. The summed E-state index contributed by atoms with van der Waals surface area (Å²) in [5, 5.41) is 15.1. The van der Waals surface area contributed by atoms with Gasteiger partial charge in [-0.15, -0.1) is 0 Å². The van der Waals surface area contributed by atoms with Gasteiger partial charge in [-0.05, 0) is 66.9 Å². The van der Waals surface area contributed by atoms with Crippen molar-refractivity contribution in [3.8, 4) is 28.7 Å². The van der Waals surface area contributed by atoms with E-state index in [0.717, 1.165) is 5.56 Å². The molecule has 10 heteroatoms. The van der Waals surface area contributed by atoms with Crippen LogP contribution in [0.15, 0.2) is 84.9 Å². The SMILES string of the molecule is O=C(NCCc1ccccc1Oc1ccccc1Cl)c1ccc(Oc2cc3c(cc2Cl)C(C(=O)[O-])CCO3)cc1.[Na+]. The van der Waals surface area contributed by atoms with E-state index in [1.54, 1.807) is 42.5 Å². The van der Waals surface area contributed by atoms with E-state index in [2.05, 4.69) is 5.32 Å². The molecule has 4 aromatic carbocycles. The van der Waals surface area contributed by atoms with Gasteiger partial charge in [0, 0.05) is 35.6 Å². The van der Waals surface area contributed by atoms with Crippen LogP contribution in [0.5, 0.6) is 28.7 Å². The second-order valence-corrected chi connectivity index (χ2v) is 9.92. The molecule has 1 N–H and O–H groups in total. The molecule has 41 heavy (non-hydrogen) atoms. The molecule has 1 aliphatic rings. The van der Waals surface area contributed by atoms with Gasteiger partial charge in [-0.1, -0.05) is 53.5 Å². The number of nitrogens with one attached hydrogen (secondary N) is 1. The normalized spacial score (nSPS) is 13.7. The van der Waals surface area contributed by atoms with Crippen LogP contribution in [0.2, 0.25) is 10.0 Å². The Hall–Kier alpha value is -3.20. The van der Waals surface area contributed by atoms with E-state index < -0.39 is 11.9 Å². The van der Waals surface area contributed by atoms with Crippen LogP contribution in [0.25, 0.3) is 0 Å². The number of para-hydroxylation sites is 2. The van der Waals surface area contributed by atoms with Crippen LogP contribution >= 0.6 is 23.2 Å². The molecule has 5 rings (SSSR count). The second-order valence-electron chi connectivity index (χ2n) is 9.10. The van der Waals surface area contributed by atoms with Crippen molar-refractivity contribution in [3.63, 3.8) is 0 Å². The number of benzene rings is 4. The summed E-state index contributed by atoms with van der Waals surface area (Å²) in [6, 6.07) is 24.6. The number of halogens is 2. The molecule has 4 aromatic rings. The summed E-state index contributed by atoms with van der Waals surface area (Å²) in [7, 11) is 0. The number of carboxylic acid groups (broad SMARTS) is 1. The van der Waals surface area contributed by atoms with Gasteiger partial charge < -0.3 is 29.4 Å². The fourth-order valence-electron chi connectivity index (χ4n) is 4.38. The van der Waals surface area contributed by atoms with Crippen LogP contribution in [-0.2, 0) is 11.2 Å². The second kappa shape index (κ2) is 14.1. The molecular formula is C31H24Cl2NNaO6. The van der Waals surface area contributed by atoms with Crippen LogP contribution < -0.4 is 54.2 Å². The molecule has 1 atom stereocenters. The number of rotatable bonds is 9. The first-order chi connectivity index (χ1) is 19.4. The van der Waals surface area contributed by atoms with Crippen molar-refractivity contribution in [3.05, 3.63) is 112 Å². The number of hydrogen-bond acceptors (Lipinski definition) is 6. The van der Waals surface area contributed by atoms with Gasteiger partial charge in [0.1, 0.15) is 28.7 Å². The topological polar surface area (TPSA) is 96.9 Å². The van der Waals surface area contributed by atoms with Gasteiger partial charge in [0.25, 0.3) is 5.91 Å². The molecule has 0 bridgehead atoms. The van der Waals surface area contributed by atoms with E-state index in [0.29, 0.717) is 64.3 Å². The third-order valence-corrected chi connectivity index (χ3v) is 7.05. The Morgan fingerprint density at radius 1 is 0.878 bits per heavy atom. The standard InChI is InChI=1S/C31H25Cl2NO6.Na/c32-24-6-2-4-8-27(24)40-26-7-3-1-5-19(26)13-15-34-30(35)20-9-11-21(12-10-20)39-29-18-28-23(17-25(29)33)22(31(36)37)14-16-38-28;/h1-12,17-18,22H,13-16H2,(H,34,35)(H,36,37);/q;+1/p-1. The maximum absolute atomic E-state index is 12.7. The van der Waals surface area contributed by atoms with Crippen LogP contribution in [0.1, 0.15) is 33.8 Å². The zero-order chi connectivity index (χ0) is 28.1. The number of amides is 1. The minimum absolute atomic E-state index is 0. The Bertz CT molecular complexity index is 1550. The zero-order valence-corrected chi connectivity index (χ0v) is 25.7. The molecule has 1 amide bonds. The predicted octanol–water partition coefficient (Wildman–Crippen LogP) is 3.17. The minimum atomic E-state index is -1.17. The van der Waals surface area contributed by atoms with Crippen molar-refractivity contribution in [2.75, 3.05) is 13.2 Å². The van der Waals surface area contributed by atoms with Gasteiger partial charge >= 0.3 is 29.6 Å². The molecule has 0 saturated heterocycles. The van der Waals surface area contributed by atoms with Gasteiger partial charge in [0.2, 0.25) is 0 Å². The molecule has 1 aliphatic heterocycles. The quantitative estimate of drug-likeness (QED) is 0.297. The molecule has 0 radical (unpaired) electrons. The molecule has 1 heterocycles. The zero-order valence-electron chi connectivity index (χ0n) is 22.2. The van der Waals surface area contributed by atoms with Crippen LogP contribution in [0.4, 0.5) is 0 Å². The van der Waals surface area contributed by atoms with Crippen molar-refractivity contribution in [1.82, 2.24) is 5.32 Å². The summed E-state index contributed by atoms with van der Waals surface area (Å²) in [6.45, 7) is 0.661. The maximum atomic E-state index is 12.7. The van der Waals surface area contributed by atoms with Gasteiger partial charge in [-0.25, -0.2) is 0 Å². The molecule has 0 aromatic heterocycles. The Kier molecular flexibility index (Phi) is 10.6. The first kappa shape index (κ1) is 30.8. The Balaban J connectivity index is 0.00000387. The summed E-state index contributed by atoms with van der Waals surface area (Å²) in [6.07, 6.45) is 0.878. The van der Waals surface area contributed by atoms with Gasteiger partial charge in [-0.3, -0.25) is 4.79 Å². The molecule has 0 aliphatic carbocycles. The number of fused-ring (bicyclic) bond motifs is 1. The number of ether oxygens (including phenoxy) is 3. The van der Waals surface area contributed by atoms with E-state index in [4.69, 9.17) is 37.4 Å². The number of aliphatic carboxylic acids is 1. The Labute approximate surface area is 269 Å². The summed E-state index contributed by atoms with van der Waals surface area (Å²) in [4.78, 5) is 24.2. The van der Waals surface area contributed by atoms with Crippen LogP contribution in [0, 0.1) is 0 Å². The first-order valence-electron chi connectivity index (χ1n) is 12.6. The van der Waals surface area contributed by atoms with Crippen molar-refractivity contribution in [1.29, 1.82) is 0 Å². The van der Waals surface area contributed by atoms with E-state index >= 15 is 0 Å². The molecule has 0 spiro atoms. The maximum Gasteiger partial charge on any atom is 1.00 e. The molecule has 0 saturated carbocycles. The molecule has 204 valence electrons. The number of hydrogen-bond donors (Lipinski definition) is 1. The van der Waals surface area contributed by atoms with Crippen molar-refractivity contribution >= 4 is 35.1 Å². The van der Waals surface area contributed by atoms with Gasteiger partial charge in [0.15, 0.2) is 0 Å². The Morgan fingerprint density at radius 3 is 2.32 bits per heavy atom. The fourth-order valence-corrected chi connectivity index (χ4v) is 4.77. The molecule has 1 unspecified atom stereocenters. The van der Waals surface area contributed by atoms with E-state index in [-0.39, 0.29) is 47.1 Å². The first-order valence-corrected chi connectivity index (χ1v) is 13.4. The van der Waals surface area contributed by atoms with Crippen molar-refractivity contribution in [2.24, 2.45) is 0 Å². The van der Waals surface area contributed by atoms with Crippen molar-refractivity contribution < 1.29 is 58.5 Å². The van der Waals surface area contributed by atoms with Gasteiger partial charge in [-0.2, -0.15) is 0 Å². The third-order valence-electron chi connectivity index (χ3n) is 6.44. The van der Waals surface area contributed by atoms with Gasteiger partial charge in [0.05, 0.1) is 16.7 Å². The van der Waals surface area contributed by atoms with Crippen LogP contribution in [-0.4, -0.2) is 25.0 Å². The fraction of sp³-hybridized carbons (Fsp3) is 0.161.